The Bertz CT molecular complexity index is 945. The molecule has 0 aromatic heterocycles. The lowest BCUT2D eigenvalue weighted by Crippen LogP contribution is -2.35. The monoisotopic (exact) mass is 420 g/mol. The fourth-order valence-corrected chi connectivity index (χ4v) is 3.40. The molecule has 2 aromatic rings. The van der Waals surface area contributed by atoms with Crippen LogP contribution in [0.2, 0.25) is 0 Å². The molecule has 0 saturated heterocycles. The molecule has 158 valence electrons. The molecule has 8 heteroatoms. The minimum absolute atomic E-state index is 0.104. The molecular formula is C21H28N2O5S. The number of benzene rings is 2. The third-order valence-electron chi connectivity index (χ3n) is 4.67. The molecule has 7 nitrogen and oxygen atoms in total. The maximum Gasteiger partial charge on any atom is 0.253 e. The summed E-state index contributed by atoms with van der Waals surface area (Å²) in [6.45, 7) is 1.92. The van der Waals surface area contributed by atoms with Gasteiger partial charge < -0.3 is 14.8 Å². The first-order valence-corrected chi connectivity index (χ1v) is 11.1. The van der Waals surface area contributed by atoms with Crippen molar-refractivity contribution in [2.45, 2.75) is 25.8 Å². The number of hydrogen-bond acceptors (Lipinski definition) is 5. The van der Waals surface area contributed by atoms with Gasteiger partial charge in [-0.05, 0) is 31.4 Å². The number of aryl methyl sites for hydroxylation is 1. The van der Waals surface area contributed by atoms with Crippen LogP contribution in [0, 0.1) is 0 Å². The number of nitrogens with zero attached hydrogens (tertiary/aromatic N) is 1. The van der Waals surface area contributed by atoms with E-state index in [9.17, 15) is 13.2 Å². The standard InChI is InChI=1S/C21H28N2O5S/c1-15(11-12-16-9-7-6-8-10-16)22-21(24)17-13-19(27-3)20(28-4)14-18(17)23(2)29(5,25)26/h6-10,13-15H,11-12H2,1-5H3,(H,22,24)/t15-/m1/s1. The number of carbonyl (C=O) groups excluding carboxylic acids is 1. The summed E-state index contributed by atoms with van der Waals surface area (Å²) >= 11 is 0. The second-order valence-electron chi connectivity index (χ2n) is 6.85. The number of nitrogens with one attached hydrogen (secondary N) is 1. The Morgan fingerprint density at radius 2 is 1.69 bits per heavy atom. The van der Waals surface area contributed by atoms with Crippen molar-refractivity contribution in [3.05, 3.63) is 53.6 Å². The van der Waals surface area contributed by atoms with Gasteiger partial charge in [0.15, 0.2) is 11.5 Å². The summed E-state index contributed by atoms with van der Waals surface area (Å²) in [6.07, 6.45) is 2.65. The first kappa shape index (κ1) is 22.5. The van der Waals surface area contributed by atoms with E-state index in [0.717, 1.165) is 23.4 Å². The summed E-state index contributed by atoms with van der Waals surface area (Å²) < 4.78 is 35.7. The molecule has 0 spiro atoms. The molecule has 0 radical (unpaired) electrons. The van der Waals surface area contributed by atoms with Crippen molar-refractivity contribution in [2.75, 3.05) is 31.8 Å². The molecule has 0 saturated carbocycles. The van der Waals surface area contributed by atoms with E-state index in [1.54, 1.807) is 0 Å². The van der Waals surface area contributed by atoms with Crippen LogP contribution >= 0.6 is 0 Å². The molecule has 1 atom stereocenters. The van der Waals surface area contributed by atoms with Gasteiger partial charge in [-0.15, -0.1) is 0 Å². The van der Waals surface area contributed by atoms with Crippen LogP contribution in [0.15, 0.2) is 42.5 Å². The number of rotatable bonds is 9. The van der Waals surface area contributed by atoms with Crippen LogP contribution in [0.4, 0.5) is 5.69 Å². The van der Waals surface area contributed by atoms with Crippen LogP contribution in [0.3, 0.4) is 0 Å². The highest BCUT2D eigenvalue weighted by Crippen LogP contribution is 2.35. The average Bonchev–Trinajstić information content (AvgIpc) is 2.70. The Hall–Kier alpha value is -2.74. The third kappa shape index (κ3) is 5.87. The van der Waals surface area contributed by atoms with Crippen molar-refractivity contribution in [2.24, 2.45) is 0 Å². The molecule has 0 aliphatic carbocycles. The lowest BCUT2D eigenvalue weighted by Gasteiger charge is -2.23. The van der Waals surface area contributed by atoms with Gasteiger partial charge in [0.1, 0.15) is 0 Å². The van der Waals surface area contributed by atoms with Crippen molar-refractivity contribution < 1.29 is 22.7 Å². The maximum absolute atomic E-state index is 13.0. The van der Waals surface area contributed by atoms with Crippen molar-refractivity contribution in [3.63, 3.8) is 0 Å². The zero-order chi connectivity index (χ0) is 21.6. The van der Waals surface area contributed by atoms with E-state index in [1.165, 1.54) is 39.0 Å². The Balaban J connectivity index is 2.27. The zero-order valence-electron chi connectivity index (χ0n) is 17.4. The van der Waals surface area contributed by atoms with Crippen LogP contribution in [0.25, 0.3) is 0 Å². The molecule has 2 aromatic carbocycles. The SMILES string of the molecule is COc1cc(C(=O)N[C@H](C)CCc2ccccc2)c(N(C)S(C)(=O)=O)cc1OC. The molecular weight excluding hydrogens is 392 g/mol. The number of carbonyl (C=O) groups is 1. The predicted octanol–water partition coefficient (Wildman–Crippen LogP) is 2.85. The summed E-state index contributed by atoms with van der Waals surface area (Å²) in [7, 11) is 0.733. The summed E-state index contributed by atoms with van der Waals surface area (Å²) in [5.74, 6) is 0.309. The van der Waals surface area contributed by atoms with Gasteiger partial charge in [0, 0.05) is 19.2 Å². The highest BCUT2D eigenvalue weighted by molar-refractivity contribution is 7.92. The fraction of sp³-hybridized carbons (Fsp3) is 0.381. The lowest BCUT2D eigenvalue weighted by atomic mass is 10.1. The number of sulfonamides is 1. The summed E-state index contributed by atoms with van der Waals surface area (Å²) in [6, 6.07) is 12.9. The lowest BCUT2D eigenvalue weighted by molar-refractivity contribution is 0.0938. The largest absolute Gasteiger partial charge is 0.493 e. The van der Waals surface area contributed by atoms with E-state index in [4.69, 9.17) is 9.47 Å². The number of amides is 1. The van der Waals surface area contributed by atoms with E-state index in [-0.39, 0.29) is 23.2 Å². The molecule has 0 unspecified atom stereocenters. The van der Waals surface area contributed by atoms with E-state index in [0.29, 0.717) is 11.5 Å². The van der Waals surface area contributed by atoms with Gasteiger partial charge in [0.2, 0.25) is 10.0 Å². The minimum atomic E-state index is -3.57. The van der Waals surface area contributed by atoms with Crippen molar-refractivity contribution in [1.29, 1.82) is 0 Å². The average molecular weight is 421 g/mol. The second-order valence-corrected chi connectivity index (χ2v) is 8.87. The van der Waals surface area contributed by atoms with E-state index < -0.39 is 10.0 Å². The van der Waals surface area contributed by atoms with E-state index in [2.05, 4.69) is 5.32 Å². The molecule has 29 heavy (non-hydrogen) atoms. The molecule has 0 fully saturated rings. The first-order valence-electron chi connectivity index (χ1n) is 9.22. The van der Waals surface area contributed by atoms with Crippen LogP contribution < -0.4 is 19.1 Å². The number of ether oxygens (including phenoxy) is 2. The smallest absolute Gasteiger partial charge is 0.253 e. The Kier molecular flexibility index (Phi) is 7.50. The van der Waals surface area contributed by atoms with Gasteiger partial charge in [0.25, 0.3) is 5.91 Å². The highest BCUT2D eigenvalue weighted by Gasteiger charge is 2.24. The van der Waals surface area contributed by atoms with Crippen molar-refractivity contribution >= 4 is 21.6 Å². The number of methoxy groups -OCH3 is 2. The van der Waals surface area contributed by atoms with Gasteiger partial charge in [0.05, 0.1) is 31.7 Å². The fourth-order valence-electron chi connectivity index (χ4n) is 2.89. The number of hydrogen-bond donors (Lipinski definition) is 1. The van der Waals surface area contributed by atoms with Gasteiger partial charge >= 0.3 is 0 Å². The normalized spacial score (nSPS) is 12.2. The molecule has 0 heterocycles. The van der Waals surface area contributed by atoms with E-state index >= 15 is 0 Å². The third-order valence-corrected chi connectivity index (χ3v) is 5.86. The Labute approximate surface area is 172 Å². The molecule has 0 bridgehead atoms. The molecule has 1 amide bonds. The van der Waals surface area contributed by atoms with Gasteiger partial charge in [-0.2, -0.15) is 0 Å². The van der Waals surface area contributed by atoms with Crippen LogP contribution in [0.1, 0.15) is 29.3 Å². The van der Waals surface area contributed by atoms with Crippen LogP contribution in [-0.4, -0.2) is 47.9 Å². The first-order chi connectivity index (χ1) is 13.7. The van der Waals surface area contributed by atoms with Crippen molar-refractivity contribution in [1.82, 2.24) is 5.32 Å². The second kappa shape index (κ2) is 9.65. The predicted molar refractivity (Wildman–Crippen MR) is 114 cm³/mol. The number of anilines is 1. The summed E-state index contributed by atoms with van der Waals surface area (Å²) in [5, 5.41) is 2.95. The van der Waals surface area contributed by atoms with Crippen LogP contribution in [0.5, 0.6) is 11.5 Å². The zero-order valence-corrected chi connectivity index (χ0v) is 18.2. The van der Waals surface area contributed by atoms with Crippen molar-refractivity contribution in [3.8, 4) is 11.5 Å². The van der Waals surface area contributed by atoms with Crippen LogP contribution in [-0.2, 0) is 16.4 Å². The summed E-state index contributed by atoms with van der Waals surface area (Å²) in [5.41, 5.74) is 1.61. The highest BCUT2D eigenvalue weighted by atomic mass is 32.2. The Morgan fingerprint density at radius 1 is 1.10 bits per heavy atom. The van der Waals surface area contributed by atoms with Gasteiger partial charge in [-0.3, -0.25) is 9.10 Å². The summed E-state index contributed by atoms with van der Waals surface area (Å²) in [4.78, 5) is 13.0. The maximum atomic E-state index is 13.0. The van der Waals surface area contributed by atoms with Gasteiger partial charge in [-0.1, -0.05) is 30.3 Å². The topological polar surface area (TPSA) is 84.9 Å². The minimum Gasteiger partial charge on any atom is -0.493 e. The Morgan fingerprint density at radius 3 is 2.24 bits per heavy atom. The molecule has 1 N–H and O–H groups in total. The van der Waals surface area contributed by atoms with Gasteiger partial charge in [-0.25, -0.2) is 8.42 Å². The molecule has 2 rings (SSSR count). The molecule has 0 aliphatic rings. The van der Waals surface area contributed by atoms with E-state index in [1.807, 2.05) is 37.3 Å². The quantitative estimate of drug-likeness (QED) is 0.674. The molecule has 0 aliphatic heterocycles.